The zero-order chi connectivity index (χ0) is 19.5. The summed E-state index contributed by atoms with van der Waals surface area (Å²) in [6.07, 6.45) is -3.45. The van der Waals surface area contributed by atoms with Gasteiger partial charge in [-0.2, -0.15) is 13.2 Å². The number of halogens is 3. The number of esters is 1. The molecule has 0 amide bonds. The normalized spacial score (nSPS) is 12.7. The summed E-state index contributed by atoms with van der Waals surface area (Å²) in [5, 5.41) is 0. The van der Waals surface area contributed by atoms with E-state index in [4.69, 9.17) is 4.74 Å². The largest absolute Gasteiger partial charge is 0.462 e. The SMILES string of the molecule is CCOC(=O)c1c[nH]c(=O)n(C(CC)c2cccc(C(F)(F)F)c2)c1=O. The first kappa shape index (κ1) is 19.5. The molecule has 2 aromatic rings. The Labute approximate surface area is 146 Å². The van der Waals surface area contributed by atoms with Crippen LogP contribution in [0.3, 0.4) is 0 Å². The predicted molar refractivity (Wildman–Crippen MR) is 87.2 cm³/mol. The number of ether oxygens (including phenoxy) is 1. The van der Waals surface area contributed by atoms with Crippen LogP contribution in [-0.2, 0) is 10.9 Å². The number of aromatic nitrogens is 2. The Balaban J connectivity index is 2.62. The number of carbonyl (C=O) groups excluding carboxylic acids is 1. The van der Waals surface area contributed by atoms with Crippen molar-refractivity contribution in [2.24, 2.45) is 0 Å². The van der Waals surface area contributed by atoms with Crippen LogP contribution in [0.2, 0.25) is 0 Å². The number of nitrogens with one attached hydrogen (secondary N) is 1. The van der Waals surface area contributed by atoms with Crippen molar-refractivity contribution in [1.29, 1.82) is 0 Å². The summed E-state index contributed by atoms with van der Waals surface area (Å²) in [6, 6.07) is 3.42. The number of hydrogen-bond acceptors (Lipinski definition) is 4. The van der Waals surface area contributed by atoms with E-state index in [1.807, 2.05) is 0 Å². The van der Waals surface area contributed by atoms with E-state index >= 15 is 0 Å². The second-order valence-corrected chi connectivity index (χ2v) is 5.45. The summed E-state index contributed by atoms with van der Waals surface area (Å²) in [5.74, 6) is -0.915. The third-order valence-electron chi connectivity index (χ3n) is 3.80. The molecule has 1 N–H and O–H groups in total. The zero-order valence-corrected chi connectivity index (χ0v) is 14.1. The maximum Gasteiger partial charge on any atom is 0.416 e. The van der Waals surface area contributed by atoms with E-state index in [1.54, 1.807) is 13.8 Å². The molecule has 140 valence electrons. The van der Waals surface area contributed by atoms with Crippen molar-refractivity contribution in [2.45, 2.75) is 32.5 Å². The lowest BCUT2D eigenvalue weighted by molar-refractivity contribution is -0.137. The van der Waals surface area contributed by atoms with Gasteiger partial charge < -0.3 is 9.72 Å². The molecule has 1 aromatic carbocycles. The van der Waals surface area contributed by atoms with Gasteiger partial charge in [-0.05, 0) is 31.0 Å². The lowest BCUT2D eigenvalue weighted by Gasteiger charge is -2.19. The predicted octanol–water partition coefficient (Wildman–Crippen LogP) is 2.73. The Kier molecular flexibility index (Phi) is 5.69. The van der Waals surface area contributed by atoms with Gasteiger partial charge in [-0.3, -0.25) is 9.36 Å². The number of aromatic amines is 1. The van der Waals surface area contributed by atoms with Crippen molar-refractivity contribution in [1.82, 2.24) is 9.55 Å². The number of carbonyl (C=O) groups is 1. The van der Waals surface area contributed by atoms with E-state index in [0.29, 0.717) is 0 Å². The van der Waals surface area contributed by atoms with Crippen LogP contribution in [0.15, 0.2) is 40.1 Å². The maximum atomic E-state index is 13.0. The van der Waals surface area contributed by atoms with E-state index in [2.05, 4.69) is 4.98 Å². The van der Waals surface area contributed by atoms with E-state index in [0.717, 1.165) is 22.9 Å². The summed E-state index contributed by atoms with van der Waals surface area (Å²) in [5.41, 5.74) is -2.89. The highest BCUT2D eigenvalue weighted by Crippen LogP contribution is 2.31. The number of hydrogen-bond donors (Lipinski definition) is 1. The first-order chi connectivity index (χ1) is 12.2. The monoisotopic (exact) mass is 370 g/mol. The van der Waals surface area contributed by atoms with Crippen molar-refractivity contribution in [2.75, 3.05) is 6.61 Å². The van der Waals surface area contributed by atoms with Gasteiger partial charge in [0.2, 0.25) is 0 Å². The lowest BCUT2D eigenvalue weighted by Crippen LogP contribution is -2.41. The van der Waals surface area contributed by atoms with E-state index in [9.17, 15) is 27.6 Å². The maximum absolute atomic E-state index is 13.0. The van der Waals surface area contributed by atoms with Crippen molar-refractivity contribution in [3.05, 3.63) is 68.0 Å². The third kappa shape index (κ3) is 3.87. The molecule has 1 atom stereocenters. The van der Waals surface area contributed by atoms with E-state index < -0.39 is 40.6 Å². The van der Waals surface area contributed by atoms with E-state index in [1.165, 1.54) is 12.1 Å². The fourth-order valence-corrected chi connectivity index (χ4v) is 2.61. The standard InChI is InChI=1S/C17H17F3N2O4/c1-3-13(10-6-5-7-11(8-10)17(18,19)20)22-14(23)12(9-21-16(22)25)15(24)26-4-2/h5-9,13H,3-4H2,1-2H3,(H,21,25). The molecule has 0 radical (unpaired) electrons. The highest BCUT2D eigenvalue weighted by Gasteiger charge is 2.31. The van der Waals surface area contributed by atoms with Crippen LogP contribution in [0.4, 0.5) is 13.2 Å². The van der Waals surface area contributed by atoms with Gasteiger partial charge in [0.1, 0.15) is 5.56 Å². The number of benzene rings is 1. The molecule has 0 saturated heterocycles. The first-order valence-corrected chi connectivity index (χ1v) is 7.89. The van der Waals surface area contributed by atoms with Crippen molar-refractivity contribution >= 4 is 5.97 Å². The van der Waals surface area contributed by atoms with Crippen LogP contribution < -0.4 is 11.2 Å². The highest BCUT2D eigenvalue weighted by atomic mass is 19.4. The molecular weight excluding hydrogens is 353 g/mol. The minimum absolute atomic E-state index is 0.0300. The molecule has 1 heterocycles. The highest BCUT2D eigenvalue weighted by molar-refractivity contribution is 5.88. The summed E-state index contributed by atoms with van der Waals surface area (Å²) >= 11 is 0. The molecule has 0 saturated carbocycles. The minimum Gasteiger partial charge on any atom is -0.462 e. The Morgan fingerprint density at radius 3 is 2.54 bits per heavy atom. The van der Waals surface area contributed by atoms with Crippen LogP contribution in [0, 0.1) is 0 Å². The van der Waals surface area contributed by atoms with Gasteiger partial charge in [-0.15, -0.1) is 0 Å². The molecule has 0 spiro atoms. The van der Waals surface area contributed by atoms with Crippen LogP contribution in [0.5, 0.6) is 0 Å². The van der Waals surface area contributed by atoms with Crippen LogP contribution in [0.25, 0.3) is 0 Å². The quantitative estimate of drug-likeness (QED) is 0.821. The molecule has 0 bridgehead atoms. The molecule has 2 rings (SSSR count). The summed E-state index contributed by atoms with van der Waals surface area (Å²) < 4.78 is 44.4. The average Bonchev–Trinajstić information content (AvgIpc) is 2.58. The van der Waals surface area contributed by atoms with Gasteiger partial charge in [0.05, 0.1) is 18.2 Å². The number of nitrogens with zero attached hydrogens (tertiary/aromatic N) is 1. The van der Waals surface area contributed by atoms with E-state index in [-0.39, 0.29) is 18.6 Å². The molecule has 1 unspecified atom stereocenters. The van der Waals surface area contributed by atoms with Crippen LogP contribution in [0.1, 0.15) is 47.8 Å². The van der Waals surface area contributed by atoms with Crippen molar-refractivity contribution in [3.63, 3.8) is 0 Å². The third-order valence-corrected chi connectivity index (χ3v) is 3.80. The fourth-order valence-electron chi connectivity index (χ4n) is 2.61. The number of alkyl halides is 3. The van der Waals surface area contributed by atoms with Crippen molar-refractivity contribution < 1.29 is 22.7 Å². The second kappa shape index (κ2) is 7.59. The molecule has 0 fully saturated rings. The van der Waals surface area contributed by atoms with Gasteiger partial charge in [-0.25, -0.2) is 9.59 Å². The Hall–Kier alpha value is -2.84. The Bertz CT molecular complexity index is 915. The van der Waals surface area contributed by atoms with Gasteiger partial charge in [0.15, 0.2) is 0 Å². The molecule has 0 aliphatic carbocycles. The molecule has 0 aliphatic rings. The second-order valence-electron chi connectivity index (χ2n) is 5.45. The Morgan fingerprint density at radius 1 is 1.27 bits per heavy atom. The molecule has 1 aromatic heterocycles. The van der Waals surface area contributed by atoms with Gasteiger partial charge >= 0.3 is 17.8 Å². The lowest BCUT2D eigenvalue weighted by atomic mass is 10.0. The number of rotatable bonds is 5. The molecular formula is C17H17F3N2O4. The molecule has 6 nitrogen and oxygen atoms in total. The fraction of sp³-hybridized carbons (Fsp3) is 0.353. The van der Waals surface area contributed by atoms with Crippen LogP contribution >= 0.6 is 0 Å². The zero-order valence-electron chi connectivity index (χ0n) is 14.1. The first-order valence-electron chi connectivity index (χ1n) is 7.89. The average molecular weight is 370 g/mol. The van der Waals surface area contributed by atoms with Crippen LogP contribution in [-0.4, -0.2) is 22.1 Å². The summed E-state index contributed by atoms with van der Waals surface area (Å²) in [4.78, 5) is 38.9. The number of H-pyrrole nitrogens is 1. The minimum atomic E-state index is -4.56. The molecule has 9 heteroatoms. The summed E-state index contributed by atoms with van der Waals surface area (Å²) in [6.45, 7) is 3.20. The smallest absolute Gasteiger partial charge is 0.416 e. The Morgan fingerprint density at radius 2 is 1.96 bits per heavy atom. The topological polar surface area (TPSA) is 81.2 Å². The molecule has 26 heavy (non-hydrogen) atoms. The summed E-state index contributed by atoms with van der Waals surface area (Å²) in [7, 11) is 0. The van der Waals surface area contributed by atoms with Gasteiger partial charge in [0, 0.05) is 6.20 Å². The molecule has 0 aliphatic heterocycles. The van der Waals surface area contributed by atoms with Gasteiger partial charge in [-0.1, -0.05) is 19.1 Å². The van der Waals surface area contributed by atoms with Crippen molar-refractivity contribution in [3.8, 4) is 0 Å². The van der Waals surface area contributed by atoms with Gasteiger partial charge in [0.25, 0.3) is 5.56 Å².